The number of rotatable bonds is 21. The normalized spacial score (nSPS) is 11.7. The summed E-state index contributed by atoms with van der Waals surface area (Å²) < 4.78 is 0. The van der Waals surface area contributed by atoms with Gasteiger partial charge in [-0.1, -0.05) is 211 Å². The summed E-state index contributed by atoms with van der Waals surface area (Å²) in [5.41, 5.74) is 15.5. The van der Waals surface area contributed by atoms with Crippen LogP contribution in [-0.4, -0.2) is 44.3 Å². The molecule has 0 saturated carbocycles. The summed E-state index contributed by atoms with van der Waals surface area (Å²) in [6, 6.07) is 76.1. The molecule has 0 spiro atoms. The summed E-state index contributed by atoms with van der Waals surface area (Å²) in [7, 11) is 0. The molecule has 93 heavy (non-hydrogen) atoms. The van der Waals surface area contributed by atoms with Gasteiger partial charge in [0.15, 0.2) is 0 Å². The van der Waals surface area contributed by atoms with Crippen molar-refractivity contribution in [2.45, 2.75) is 13.8 Å². The van der Waals surface area contributed by atoms with E-state index in [4.69, 9.17) is 0 Å². The molecule has 0 amide bonds. The van der Waals surface area contributed by atoms with Crippen LogP contribution >= 0.6 is 0 Å². The van der Waals surface area contributed by atoms with Gasteiger partial charge in [0.25, 0.3) is 0 Å². The highest BCUT2D eigenvalue weighted by atomic mass is 16.4. The summed E-state index contributed by atoms with van der Waals surface area (Å²) in [4.78, 5) is 48.8. The summed E-state index contributed by atoms with van der Waals surface area (Å²) in [6.07, 6.45) is 15.4. The number of aryl methyl sites for hydroxylation is 2. The molecular weight excluding hydrogens is 1160 g/mol. The Morgan fingerprint density at radius 2 is 0.516 bits per heavy atom. The molecule has 13 nitrogen and oxygen atoms in total. The van der Waals surface area contributed by atoms with Gasteiger partial charge in [0.05, 0.1) is 0 Å². The third kappa shape index (κ3) is 16.6. The van der Waals surface area contributed by atoms with Crippen molar-refractivity contribution in [2.24, 2.45) is 0 Å². The van der Waals surface area contributed by atoms with Gasteiger partial charge in [-0.2, -0.15) is 21.0 Å². The predicted octanol–water partition coefficient (Wildman–Crippen LogP) is 17.1. The number of carbonyl (C=O) groups is 4. The molecule has 0 unspecified atom stereocenters. The van der Waals surface area contributed by atoms with Crippen LogP contribution in [0.4, 0.5) is 17.1 Å². The van der Waals surface area contributed by atoms with Gasteiger partial charge < -0.3 is 25.3 Å². The smallest absolute Gasteiger partial charge is 0.346 e. The topological polar surface area (TPSA) is 248 Å². The SMILES string of the molecule is Cc1ccc(C(=C/C=C/c2ccc(N(c3ccc(C=C(c4ccc(/C=C(\C#N)C(=O)O)cc4)c4ccc(/C=C(\C#N)C(=O)O)cc4)cc3)c3ccc(/C=C(\c4ccc(/C=C(/C#N)C(=O)O)cc4)c4ccc(/C=C(\C#N)C(=O)O)cc4)cc3)cc2)c2ccc(C)cc2)cc1. The minimum atomic E-state index is -1.35. The minimum absolute atomic E-state index is 0.421. The second-order valence-electron chi connectivity index (χ2n) is 21.3. The van der Waals surface area contributed by atoms with Gasteiger partial charge in [0.2, 0.25) is 0 Å². The molecule has 0 fully saturated rings. The number of nitriles is 4. The number of aliphatic carboxylic acids is 4. The molecule has 9 rings (SSSR count). The van der Waals surface area contributed by atoms with E-state index >= 15 is 0 Å². The fraction of sp³-hybridized carbons (Fsp3) is 0.0250. The highest BCUT2D eigenvalue weighted by Crippen LogP contribution is 2.38. The van der Waals surface area contributed by atoms with Crippen LogP contribution in [0.25, 0.3) is 59.3 Å². The largest absolute Gasteiger partial charge is 0.477 e. The second-order valence-corrected chi connectivity index (χ2v) is 21.3. The zero-order valence-electron chi connectivity index (χ0n) is 50.1. The van der Waals surface area contributed by atoms with Crippen molar-refractivity contribution in [1.82, 2.24) is 0 Å². The first kappa shape index (κ1) is 64.0. The molecule has 0 saturated heterocycles. The first-order chi connectivity index (χ1) is 45.0. The van der Waals surface area contributed by atoms with E-state index in [0.717, 1.165) is 83.9 Å². The molecule has 4 N–H and O–H groups in total. The standard InChI is InChI=1S/C80H55N5O8/c1-52-6-24-61(25-7-52)74(62-26-8-53(2)9-27-62)5-3-4-54-18-36-71(37-19-54)85(72-38-20-59(21-39-72)46-75(63-28-10-55(11-29-63)42-67(48-81)77(86)87)64-30-12-56(13-31-64)43-68(49-82)78(88)89)73-40-22-60(23-41-73)47-76(65-32-14-57(15-33-65)44-69(50-83)79(90)91)66-34-16-58(17-35-66)45-70(51-84)80(92)93/h3-47H,1-2H3,(H,86,87)(H,88,89)(H,90,91)(H,92,93)/b4-3+,67-42-,68-43+,69-44+,70-45+,75-46+. The number of allylic oxidation sites excluding steroid dienone is 2. The van der Waals surface area contributed by atoms with Crippen LogP contribution in [0.15, 0.2) is 253 Å². The van der Waals surface area contributed by atoms with Crippen molar-refractivity contribution in [3.05, 3.63) is 336 Å². The number of carboxylic acid groups (broad SMARTS) is 4. The number of benzene rings is 9. The lowest BCUT2D eigenvalue weighted by molar-refractivity contribution is -0.133. The minimum Gasteiger partial charge on any atom is -0.477 e. The molecule has 0 atom stereocenters. The summed E-state index contributed by atoms with van der Waals surface area (Å²) in [5.74, 6) is -5.39. The molecule has 0 heterocycles. The van der Waals surface area contributed by atoms with Gasteiger partial charge in [-0.05, 0) is 176 Å². The molecule has 0 aliphatic rings. The Labute approximate surface area is 537 Å². The lowest BCUT2D eigenvalue weighted by Gasteiger charge is -2.26. The number of anilines is 3. The first-order valence-electron chi connectivity index (χ1n) is 28.9. The molecule has 0 aliphatic heterocycles. The van der Waals surface area contributed by atoms with E-state index in [-0.39, 0.29) is 0 Å². The molecular formula is C80H55N5O8. The van der Waals surface area contributed by atoms with Gasteiger partial charge in [-0.25, -0.2) is 19.2 Å². The number of nitrogens with zero attached hydrogens (tertiary/aromatic N) is 5. The average Bonchev–Trinajstić information content (AvgIpc) is 1.07. The second kappa shape index (κ2) is 30.0. The molecule has 0 radical (unpaired) electrons. The number of hydrogen-bond acceptors (Lipinski definition) is 9. The Kier molecular flexibility index (Phi) is 20.6. The quantitative estimate of drug-likeness (QED) is 0.0226. The van der Waals surface area contributed by atoms with Crippen LogP contribution < -0.4 is 4.90 Å². The van der Waals surface area contributed by atoms with E-state index in [1.165, 1.54) is 35.4 Å². The van der Waals surface area contributed by atoms with Crippen molar-refractivity contribution in [1.29, 1.82) is 21.0 Å². The van der Waals surface area contributed by atoms with Crippen LogP contribution in [0.5, 0.6) is 0 Å². The zero-order chi connectivity index (χ0) is 66.0. The third-order valence-corrected chi connectivity index (χ3v) is 14.9. The monoisotopic (exact) mass is 1210 g/mol. The van der Waals surface area contributed by atoms with Gasteiger partial charge in [-0.15, -0.1) is 0 Å². The lowest BCUT2D eigenvalue weighted by atomic mass is 9.93. The van der Waals surface area contributed by atoms with Gasteiger partial charge in [0.1, 0.15) is 46.6 Å². The maximum Gasteiger partial charge on any atom is 0.346 e. The fourth-order valence-corrected chi connectivity index (χ4v) is 9.97. The van der Waals surface area contributed by atoms with Crippen molar-refractivity contribution in [3.63, 3.8) is 0 Å². The molecule has 0 aromatic heterocycles. The maximum absolute atomic E-state index is 11.7. The summed E-state index contributed by atoms with van der Waals surface area (Å²) in [5, 5.41) is 75.8. The highest BCUT2D eigenvalue weighted by Gasteiger charge is 2.17. The predicted molar refractivity (Wildman–Crippen MR) is 364 cm³/mol. The molecule has 9 aromatic carbocycles. The fourth-order valence-electron chi connectivity index (χ4n) is 9.97. The van der Waals surface area contributed by atoms with Crippen molar-refractivity contribution < 1.29 is 39.6 Å². The lowest BCUT2D eigenvalue weighted by Crippen LogP contribution is -2.09. The van der Waals surface area contributed by atoms with E-state index in [2.05, 4.69) is 110 Å². The van der Waals surface area contributed by atoms with Crippen LogP contribution in [0.1, 0.15) is 83.5 Å². The van der Waals surface area contributed by atoms with Crippen molar-refractivity contribution in [3.8, 4) is 24.3 Å². The maximum atomic E-state index is 11.7. The third-order valence-electron chi connectivity index (χ3n) is 14.9. The summed E-state index contributed by atoms with van der Waals surface area (Å²) >= 11 is 0. The average molecular weight is 1210 g/mol. The Hall–Kier alpha value is -13.5. The zero-order valence-corrected chi connectivity index (χ0v) is 50.1. The number of carboxylic acids is 4. The first-order valence-corrected chi connectivity index (χ1v) is 28.9. The van der Waals surface area contributed by atoms with E-state index in [9.17, 15) is 60.7 Å². The van der Waals surface area contributed by atoms with Crippen LogP contribution in [-0.2, 0) is 19.2 Å². The van der Waals surface area contributed by atoms with Crippen LogP contribution in [0.3, 0.4) is 0 Å². The Bertz CT molecular complexity index is 4300. The van der Waals surface area contributed by atoms with E-state index in [0.29, 0.717) is 22.3 Å². The van der Waals surface area contributed by atoms with Gasteiger partial charge in [0, 0.05) is 17.1 Å². The Morgan fingerprint density at radius 3 is 0.763 bits per heavy atom. The number of hydrogen-bond donors (Lipinski definition) is 4. The van der Waals surface area contributed by atoms with Gasteiger partial charge in [-0.3, -0.25) is 0 Å². The van der Waals surface area contributed by atoms with E-state index < -0.39 is 46.2 Å². The van der Waals surface area contributed by atoms with Gasteiger partial charge >= 0.3 is 23.9 Å². The van der Waals surface area contributed by atoms with Crippen LogP contribution in [0.2, 0.25) is 0 Å². The molecule has 13 heteroatoms. The Morgan fingerprint density at radius 1 is 0.301 bits per heavy atom. The molecule has 0 bridgehead atoms. The van der Waals surface area contributed by atoms with Crippen molar-refractivity contribution in [2.75, 3.05) is 4.90 Å². The molecule has 0 aliphatic carbocycles. The van der Waals surface area contributed by atoms with Crippen LogP contribution in [0, 0.1) is 59.2 Å². The molecule has 9 aromatic rings. The van der Waals surface area contributed by atoms with E-state index in [1.807, 2.05) is 109 Å². The van der Waals surface area contributed by atoms with E-state index in [1.54, 1.807) is 72.8 Å². The van der Waals surface area contributed by atoms with Crippen molar-refractivity contribution >= 4 is 100 Å². The highest BCUT2D eigenvalue weighted by molar-refractivity contribution is 6.00. The Balaban J connectivity index is 1.12. The molecule has 448 valence electrons. The summed E-state index contributed by atoms with van der Waals surface area (Å²) in [6.45, 7) is 4.14.